The third-order valence-corrected chi connectivity index (χ3v) is 3.98. The van der Waals surface area contributed by atoms with Crippen LogP contribution in [0.5, 0.6) is 0 Å². The molecule has 0 unspecified atom stereocenters. The molecule has 0 aliphatic carbocycles. The molecule has 0 saturated heterocycles. The normalized spacial score (nSPS) is 10.2. The van der Waals surface area contributed by atoms with Crippen LogP contribution < -0.4 is 10.6 Å². The molecule has 0 fully saturated rings. The maximum Gasteiger partial charge on any atom is 0.270 e. The molecule has 130 valence electrons. The van der Waals surface area contributed by atoms with E-state index < -0.39 is 10.8 Å². The van der Waals surface area contributed by atoms with E-state index in [2.05, 4.69) is 26.6 Å². The highest BCUT2D eigenvalue weighted by Gasteiger charge is 2.16. The van der Waals surface area contributed by atoms with Gasteiger partial charge < -0.3 is 10.6 Å². The van der Waals surface area contributed by atoms with E-state index in [-0.39, 0.29) is 17.2 Å². The van der Waals surface area contributed by atoms with Gasteiger partial charge in [-0.3, -0.25) is 19.7 Å². The summed E-state index contributed by atoms with van der Waals surface area (Å²) in [7, 11) is 0. The van der Waals surface area contributed by atoms with Crippen LogP contribution in [0.3, 0.4) is 0 Å². The lowest BCUT2D eigenvalue weighted by Crippen LogP contribution is -2.14. The number of nitro groups is 1. The lowest BCUT2D eigenvalue weighted by atomic mass is 10.2. The molecule has 8 heteroatoms. The summed E-state index contributed by atoms with van der Waals surface area (Å²) >= 11 is 3.22. The van der Waals surface area contributed by atoms with Crippen molar-refractivity contribution in [3.05, 3.63) is 62.6 Å². The summed E-state index contributed by atoms with van der Waals surface area (Å²) in [5.74, 6) is -0.597. The summed E-state index contributed by atoms with van der Waals surface area (Å²) < 4.78 is 0.447. The van der Waals surface area contributed by atoms with Crippen molar-refractivity contribution in [1.82, 2.24) is 0 Å². The Morgan fingerprint density at radius 3 is 2.44 bits per heavy atom. The average molecular weight is 406 g/mol. The highest BCUT2D eigenvalue weighted by Crippen LogP contribution is 2.24. The fourth-order valence-electron chi connectivity index (χ4n) is 2.12. The molecule has 2 rings (SSSR count). The van der Waals surface area contributed by atoms with E-state index in [0.717, 1.165) is 6.42 Å². The first-order chi connectivity index (χ1) is 11.9. The van der Waals surface area contributed by atoms with Crippen molar-refractivity contribution in [2.45, 2.75) is 19.8 Å². The van der Waals surface area contributed by atoms with Crippen LogP contribution in [0.1, 0.15) is 30.1 Å². The van der Waals surface area contributed by atoms with Crippen molar-refractivity contribution in [3.8, 4) is 0 Å². The van der Waals surface area contributed by atoms with Crippen LogP contribution in [0.4, 0.5) is 17.1 Å². The van der Waals surface area contributed by atoms with E-state index in [0.29, 0.717) is 22.3 Å². The Morgan fingerprint density at radius 2 is 1.80 bits per heavy atom. The molecule has 2 amide bonds. The number of halogens is 1. The molecule has 7 nitrogen and oxygen atoms in total. The Hall–Kier alpha value is -2.74. The third-order valence-electron chi connectivity index (χ3n) is 3.29. The van der Waals surface area contributed by atoms with Crippen molar-refractivity contribution < 1.29 is 14.5 Å². The fraction of sp³-hybridized carbons (Fsp3) is 0.176. The molecule has 0 aliphatic rings. The van der Waals surface area contributed by atoms with E-state index >= 15 is 0 Å². The second kappa shape index (κ2) is 8.39. The minimum atomic E-state index is -0.562. The van der Waals surface area contributed by atoms with Gasteiger partial charge >= 0.3 is 0 Å². The Kier molecular flexibility index (Phi) is 6.24. The number of hydrogen-bond acceptors (Lipinski definition) is 4. The van der Waals surface area contributed by atoms with Gasteiger partial charge in [0.15, 0.2) is 0 Å². The molecule has 0 aromatic heterocycles. The molecule has 0 heterocycles. The number of nitro benzene ring substituents is 1. The quantitative estimate of drug-likeness (QED) is 0.550. The maximum atomic E-state index is 12.4. The largest absolute Gasteiger partial charge is 0.326 e. The number of amides is 2. The summed E-state index contributed by atoms with van der Waals surface area (Å²) in [4.78, 5) is 34.3. The van der Waals surface area contributed by atoms with Gasteiger partial charge in [-0.05, 0) is 46.6 Å². The number of nitrogens with zero attached hydrogens (tertiary/aromatic N) is 1. The Labute approximate surface area is 152 Å². The smallest absolute Gasteiger partial charge is 0.270 e. The number of non-ortho nitro benzene ring substituents is 1. The highest BCUT2D eigenvalue weighted by molar-refractivity contribution is 9.10. The lowest BCUT2D eigenvalue weighted by Gasteiger charge is -2.09. The van der Waals surface area contributed by atoms with Crippen molar-refractivity contribution in [2.24, 2.45) is 0 Å². The first kappa shape index (κ1) is 18.6. The van der Waals surface area contributed by atoms with Crippen molar-refractivity contribution in [3.63, 3.8) is 0 Å². The number of carbonyl (C=O) groups excluding carboxylic acids is 2. The first-order valence-electron chi connectivity index (χ1n) is 7.56. The van der Waals surface area contributed by atoms with Gasteiger partial charge in [0.1, 0.15) is 0 Å². The minimum Gasteiger partial charge on any atom is -0.326 e. The van der Waals surface area contributed by atoms with E-state index in [1.807, 2.05) is 6.92 Å². The van der Waals surface area contributed by atoms with Crippen molar-refractivity contribution >= 4 is 44.8 Å². The van der Waals surface area contributed by atoms with Gasteiger partial charge in [-0.1, -0.05) is 13.0 Å². The third kappa shape index (κ3) is 5.12. The lowest BCUT2D eigenvalue weighted by molar-refractivity contribution is -0.384. The van der Waals surface area contributed by atoms with Crippen molar-refractivity contribution in [1.29, 1.82) is 0 Å². The molecule has 0 radical (unpaired) electrons. The zero-order chi connectivity index (χ0) is 18.4. The molecule has 2 aromatic rings. The molecule has 0 atom stereocenters. The standard InChI is InChI=1S/C17H16BrN3O4/c1-2-4-16(22)19-11-5-3-6-12(9-11)20-17(23)14-10-13(21(24)25)7-8-15(14)18/h3,5-10H,2,4H2,1H3,(H,19,22)(H,20,23). The topological polar surface area (TPSA) is 101 Å². The Morgan fingerprint density at radius 1 is 1.12 bits per heavy atom. The first-order valence-corrected chi connectivity index (χ1v) is 8.35. The van der Waals surface area contributed by atoms with E-state index in [9.17, 15) is 19.7 Å². The SMILES string of the molecule is CCCC(=O)Nc1cccc(NC(=O)c2cc([N+](=O)[O-])ccc2Br)c1. The van der Waals surface area contributed by atoms with Crippen LogP contribution in [0.2, 0.25) is 0 Å². The van der Waals surface area contributed by atoms with Gasteiger partial charge in [0.2, 0.25) is 5.91 Å². The van der Waals surface area contributed by atoms with E-state index in [1.165, 1.54) is 18.2 Å². The molecule has 0 spiro atoms. The molecule has 0 bridgehead atoms. The van der Waals surface area contributed by atoms with E-state index in [4.69, 9.17) is 0 Å². The predicted molar refractivity (Wildman–Crippen MR) is 98.7 cm³/mol. The molecule has 0 saturated carbocycles. The molecular formula is C17H16BrN3O4. The molecule has 2 N–H and O–H groups in total. The second-order valence-electron chi connectivity index (χ2n) is 5.25. The number of nitrogens with one attached hydrogen (secondary N) is 2. The summed E-state index contributed by atoms with van der Waals surface area (Å²) in [5, 5.41) is 16.3. The van der Waals surface area contributed by atoms with Crippen LogP contribution in [0.15, 0.2) is 46.9 Å². The van der Waals surface area contributed by atoms with Crippen LogP contribution >= 0.6 is 15.9 Å². The molecule has 2 aromatic carbocycles. The van der Waals surface area contributed by atoms with Crippen LogP contribution in [0.25, 0.3) is 0 Å². The number of benzene rings is 2. The summed E-state index contributed by atoms with van der Waals surface area (Å²) in [6.07, 6.45) is 1.15. The zero-order valence-electron chi connectivity index (χ0n) is 13.4. The van der Waals surface area contributed by atoms with Crippen molar-refractivity contribution in [2.75, 3.05) is 10.6 Å². The molecular weight excluding hydrogens is 390 g/mol. The number of hydrogen-bond donors (Lipinski definition) is 2. The van der Waals surface area contributed by atoms with Crippen LogP contribution in [-0.2, 0) is 4.79 Å². The Balaban J connectivity index is 2.17. The average Bonchev–Trinajstić information content (AvgIpc) is 2.55. The van der Waals surface area contributed by atoms with Gasteiger partial charge in [-0.15, -0.1) is 0 Å². The fourth-order valence-corrected chi connectivity index (χ4v) is 2.55. The summed E-state index contributed by atoms with van der Waals surface area (Å²) in [6, 6.07) is 10.7. The summed E-state index contributed by atoms with van der Waals surface area (Å²) in [5.41, 5.74) is 1.01. The summed E-state index contributed by atoms with van der Waals surface area (Å²) in [6.45, 7) is 1.91. The van der Waals surface area contributed by atoms with Gasteiger partial charge in [0.05, 0.1) is 10.5 Å². The second-order valence-corrected chi connectivity index (χ2v) is 6.11. The zero-order valence-corrected chi connectivity index (χ0v) is 15.0. The molecule has 25 heavy (non-hydrogen) atoms. The van der Waals surface area contributed by atoms with Crippen LogP contribution in [-0.4, -0.2) is 16.7 Å². The number of carbonyl (C=O) groups is 2. The van der Waals surface area contributed by atoms with Gasteiger partial charge in [-0.2, -0.15) is 0 Å². The minimum absolute atomic E-state index is 0.104. The highest BCUT2D eigenvalue weighted by atomic mass is 79.9. The van der Waals surface area contributed by atoms with Gasteiger partial charge in [-0.25, -0.2) is 0 Å². The predicted octanol–water partition coefficient (Wildman–Crippen LogP) is 4.35. The number of anilines is 2. The number of rotatable bonds is 6. The monoisotopic (exact) mass is 405 g/mol. The molecule has 0 aliphatic heterocycles. The van der Waals surface area contributed by atoms with Gasteiger partial charge in [0, 0.05) is 34.4 Å². The van der Waals surface area contributed by atoms with Crippen LogP contribution in [0, 0.1) is 10.1 Å². The van der Waals surface area contributed by atoms with E-state index in [1.54, 1.807) is 24.3 Å². The Bertz CT molecular complexity index is 823. The van der Waals surface area contributed by atoms with Gasteiger partial charge in [0.25, 0.3) is 11.6 Å². The maximum absolute atomic E-state index is 12.4.